The van der Waals surface area contributed by atoms with Crippen molar-refractivity contribution in [2.24, 2.45) is 5.73 Å². The molecule has 0 fully saturated rings. The van der Waals surface area contributed by atoms with E-state index in [4.69, 9.17) is 10.7 Å². The summed E-state index contributed by atoms with van der Waals surface area (Å²) in [6, 6.07) is 71.3. The third-order valence-corrected chi connectivity index (χ3v) is 12.4. The molecule has 0 aliphatic carbocycles. The van der Waals surface area contributed by atoms with Crippen LogP contribution in [0, 0.1) is 0 Å². The van der Waals surface area contributed by atoms with E-state index in [2.05, 4.69) is 194 Å². The summed E-state index contributed by atoms with van der Waals surface area (Å²) in [5, 5.41) is 18.7. The molecule has 0 atom stereocenters. The van der Waals surface area contributed by atoms with Crippen LogP contribution in [0.3, 0.4) is 0 Å². The minimum atomic E-state index is 0.505. The zero-order valence-corrected chi connectivity index (χ0v) is 31.7. The third kappa shape index (κ3) is 4.92. The maximum Gasteiger partial charge on any atom is 0.0794 e. The zero-order chi connectivity index (χ0) is 38.3. The van der Waals surface area contributed by atoms with E-state index in [9.17, 15) is 0 Å². The quantitative estimate of drug-likeness (QED) is 0.183. The molecule has 0 radical (unpaired) electrons. The molecule has 0 unspecified atom stereocenters. The highest BCUT2D eigenvalue weighted by molar-refractivity contribution is 6.28. The number of fused-ring (bicyclic) bond motifs is 15. The van der Waals surface area contributed by atoms with Crippen LogP contribution in [0.25, 0.3) is 120 Å². The molecule has 0 saturated carbocycles. The molecule has 270 valence electrons. The van der Waals surface area contributed by atoms with Crippen LogP contribution in [0.5, 0.6) is 0 Å². The lowest BCUT2D eigenvalue weighted by Gasteiger charge is -2.17. The maximum atomic E-state index is 6.02. The van der Waals surface area contributed by atoms with E-state index in [0.29, 0.717) is 6.54 Å². The van der Waals surface area contributed by atoms with Crippen LogP contribution < -0.4 is 5.73 Å². The van der Waals surface area contributed by atoms with Gasteiger partial charge in [-0.1, -0.05) is 170 Å². The Kier molecular flexibility index (Phi) is 7.26. The van der Waals surface area contributed by atoms with Gasteiger partial charge >= 0.3 is 0 Å². The van der Waals surface area contributed by atoms with Gasteiger partial charge in [-0.25, -0.2) is 4.98 Å². The fourth-order valence-corrected chi connectivity index (χ4v) is 9.64. The molecule has 11 aromatic carbocycles. The fourth-order valence-electron chi connectivity index (χ4n) is 9.64. The molecule has 12 aromatic rings. The van der Waals surface area contributed by atoms with Gasteiger partial charge in [0.25, 0.3) is 0 Å². The summed E-state index contributed by atoms with van der Waals surface area (Å²) < 4.78 is 0. The van der Waals surface area contributed by atoms with Gasteiger partial charge in [0, 0.05) is 22.9 Å². The van der Waals surface area contributed by atoms with E-state index in [1.165, 1.54) is 81.1 Å². The Morgan fingerprint density at radius 2 is 0.655 bits per heavy atom. The van der Waals surface area contributed by atoms with Crippen LogP contribution in [0.15, 0.2) is 194 Å². The molecule has 0 amide bonds. The van der Waals surface area contributed by atoms with E-state index >= 15 is 0 Å². The first-order chi connectivity index (χ1) is 28.7. The summed E-state index contributed by atoms with van der Waals surface area (Å²) in [6.07, 6.45) is 0. The minimum absolute atomic E-state index is 0.505. The van der Waals surface area contributed by atoms with E-state index in [1.54, 1.807) is 0 Å². The smallest absolute Gasteiger partial charge is 0.0794 e. The van der Waals surface area contributed by atoms with Crippen molar-refractivity contribution in [3.8, 4) is 33.5 Å². The SMILES string of the molecule is NCc1ccc(-c2cc(-c3ccc4c5ccccc5c5ccccc5c4c3)c3cc(-c4ccc5c6ccccc6c6ccccc6c5c4)c4ccccc4c3n2)cc1. The molecule has 2 nitrogen and oxygen atoms in total. The monoisotopic (exact) mass is 736 g/mol. The number of rotatable bonds is 4. The Bertz CT molecular complexity index is 3590. The first-order valence-electron chi connectivity index (χ1n) is 20.0. The Labute approximate surface area is 335 Å². The summed E-state index contributed by atoms with van der Waals surface area (Å²) in [7, 11) is 0. The van der Waals surface area contributed by atoms with Crippen LogP contribution in [-0.2, 0) is 6.54 Å². The summed E-state index contributed by atoms with van der Waals surface area (Å²) in [4.78, 5) is 5.50. The van der Waals surface area contributed by atoms with Gasteiger partial charge in [0.1, 0.15) is 0 Å². The van der Waals surface area contributed by atoms with Crippen LogP contribution in [0.2, 0.25) is 0 Å². The number of nitrogens with zero attached hydrogens (tertiary/aromatic N) is 1. The minimum Gasteiger partial charge on any atom is -0.326 e. The number of hydrogen-bond donors (Lipinski definition) is 1. The average Bonchev–Trinajstić information content (AvgIpc) is 3.31. The molecule has 0 spiro atoms. The highest BCUT2D eigenvalue weighted by atomic mass is 14.7. The molecular formula is C56H36N2. The molecule has 0 aliphatic rings. The normalized spacial score (nSPS) is 11.9. The molecule has 1 aromatic heterocycles. The van der Waals surface area contributed by atoms with Gasteiger partial charge in [-0.3, -0.25) is 0 Å². The predicted molar refractivity (Wildman–Crippen MR) is 248 cm³/mol. The van der Waals surface area contributed by atoms with Crippen molar-refractivity contribution in [2.75, 3.05) is 0 Å². The second-order valence-corrected chi connectivity index (χ2v) is 15.5. The summed E-state index contributed by atoms with van der Waals surface area (Å²) >= 11 is 0. The number of aromatic nitrogens is 1. The summed E-state index contributed by atoms with van der Waals surface area (Å²) in [5.41, 5.74) is 14.8. The molecule has 0 saturated heterocycles. The van der Waals surface area contributed by atoms with Gasteiger partial charge in [-0.15, -0.1) is 0 Å². The number of pyridine rings is 1. The molecule has 58 heavy (non-hydrogen) atoms. The predicted octanol–water partition coefficient (Wildman–Crippen LogP) is 14.8. The van der Waals surface area contributed by atoms with Crippen molar-refractivity contribution in [2.45, 2.75) is 6.54 Å². The van der Waals surface area contributed by atoms with Crippen LogP contribution in [0.4, 0.5) is 0 Å². The Balaban J connectivity index is 1.18. The molecule has 1 heterocycles. The Hall–Kier alpha value is -7.39. The maximum absolute atomic E-state index is 6.02. The van der Waals surface area contributed by atoms with Crippen LogP contribution in [-0.4, -0.2) is 4.98 Å². The van der Waals surface area contributed by atoms with Gasteiger partial charge in [-0.05, 0) is 122 Å². The third-order valence-electron chi connectivity index (χ3n) is 12.4. The largest absolute Gasteiger partial charge is 0.326 e. The van der Waals surface area contributed by atoms with Gasteiger partial charge < -0.3 is 5.73 Å². The van der Waals surface area contributed by atoms with Gasteiger partial charge in [-0.2, -0.15) is 0 Å². The highest BCUT2D eigenvalue weighted by Crippen LogP contribution is 2.44. The summed E-state index contributed by atoms with van der Waals surface area (Å²) in [6.45, 7) is 0.505. The van der Waals surface area contributed by atoms with Crippen molar-refractivity contribution < 1.29 is 0 Å². The number of nitrogens with two attached hydrogens (primary N) is 1. The lowest BCUT2D eigenvalue weighted by Crippen LogP contribution is -1.96. The van der Waals surface area contributed by atoms with E-state index < -0.39 is 0 Å². The van der Waals surface area contributed by atoms with Crippen molar-refractivity contribution in [3.63, 3.8) is 0 Å². The van der Waals surface area contributed by atoms with Crippen molar-refractivity contribution in [3.05, 3.63) is 200 Å². The van der Waals surface area contributed by atoms with Gasteiger partial charge in [0.2, 0.25) is 0 Å². The Morgan fingerprint density at radius 3 is 1.10 bits per heavy atom. The molecule has 0 bridgehead atoms. The fraction of sp³-hybridized carbons (Fsp3) is 0.0179. The van der Waals surface area contributed by atoms with Crippen molar-refractivity contribution >= 4 is 86.3 Å². The number of hydrogen-bond acceptors (Lipinski definition) is 2. The second-order valence-electron chi connectivity index (χ2n) is 15.5. The number of benzene rings is 11. The Morgan fingerprint density at radius 1 is 0.293 bits per heavy atom. The first kappa shape index (κ1) is 32.8. The van der Waals surface area contributed by atoms with Gasteiger partial charge in [0.05, 0.1) is 11.2 Å². The highest BCUT2D eigenvalue weighted by Gasteiger charge is 2.18. The topological polar surface area (TPSA) is 38.9 Å². The van der Waals surface area contributed by atoms with E-state index in [1.807, 2.05) is 0 Å². The van der Waals surface area contributed by atoms with Crippen LogP contribution in [0.1, 0.15) is 5.56 Å². The lowest BCUT2D eigenvalue weighted by molar-refractivity contribution is 1.07. The molecule has 2 heteroatoms. The molecule has 2 N–H and O–H groups in total. The standard InChI is InChI=1S/C56H36N2/c57-33-34-21-23-35(24-22-34)55-32-51(37-26-28-48-43-16-4-2-12-39(43)41-14-6-8-18-45(41)53(48)30-37)54-31-50(46-19-9-10-20-49(46)56(54)58-55)36-25-27-47-42-15-3-1-11-38(42)40-13-5-7-17-44(40)52(47)29-36/h1-32H,33,57H2. The van der Waals surface area contributed by atoms with Crippen LogP contribution >= 0.6 is 0 Å². The molecule has 0 aliphatic heterocycles. The van der Waals surface area contributed by atoms with Gasteiger partial charge in [0.15, 0.2) is 0 Å². The molecule has 12 rings (SSSR count). The summed E-state index contributed by atoms with van der Waals surface area (Å²) in [5.74, 6) is 0. The van der Waals surface area contributed by atoms with Crippen molar-refractivity contribution in [1.82, 2.24) is 4.98 Å². The first-order valence-corrected chi connectivity index (χ1v) is 20.0. The lowest BCUT2D eigenvalue weighted by atomic mass is 9.88. The van der Waals surface area contributed by atoms with Crippen molar-refractivity contribution in [1.29, 1.82) is 0 Å². The molecular weight excluding hydrogens is 701 g/mol. The average molecular weight is 737 g/mol. The van der Waals surface area contributed by atoms with E-state index in [-0.39, 0.29) is 0 Å². The van der Waals surface area contributed by atoms with E-state index in [0.717, 1.165) is 44.2 Å². The zero-order valence-electron chi connectivity index (χ0n) is 31.7. The second kappa shape index (κ2) is 12.8.